The Morgan fingerprint density at radius 3 is 2.18 bits per heavy atom. The van der Waals surface area contributed by atoms with Crippen LogP contribution in [0.25, 0.3) is 0 Å². The number of aryl methyl sites for hydroxylation is 1. The van der Waals surface area contributed by atoms with E-state index < -0.39 is 11.8 Å². The van der Waals surface area contributed by atoms with Gasteiger partial charge in [0.15, 0.2) is 0 Å². The molecule has 1 aromatic carbocycles. The first-order valence-electron chi connectivity index (χ1n) is 6.79. The molecule has 2 rings (SSSR count). The average Bonchev–Trinajstić information content (AvgIpc) is 2.47. The van der Waals surface area contributed by atoms with E-state index in [2.05, 4.69) is 15.6 Å². The normalized spacial score (nSPS) is 9.95. The molecule has 0 aliphatic carbocycles. The number of carbonyl (C=O) groups excluding carboxylic acids is 2. The molecule has 0 aliphatic rings. The van der Waals surface area contributed by atoms with Gasteiger partial charge < -0.3 is 15.5 Å². The summed E-state index contributed by atoms with van der Waals surface area (Å²) >= 11 is 0. The highest BCUT2D eigenvalue weighted by atomic mass is 16.2. The molecule has 1 heterocycles. The average molecular weight is 298 g/mol. The number of hydrogen-bond donors (Lipinski definition) is 2. The van der Waals surface area contributed by atoms with Gasteiger partial charge >= 0.3 is 11.8 Å². The Kier molecular flexibility index (Phi) is 4.73. The maximum Gasteiger partial charge on any atom is 0.315 e. The summed E-state index contributed by atoms with van der Waals surface area (Å²) in [6, 6.07) is 12.4. The van der Waals surface area contributed by atoms with Crippen LogP contribution in [0.15, 0.2) is 42.5 Å². The van der Waals surface area contributed by atoms with E-state index in [0.717, 1.165) is 11.4 Å². The molecule has 0 bridgehead atoms. The van der Waals surface area contributed by atoms with Crippen LogP contribution in [0.2, 0.25) is 0 Å². The molecule has 6 nitrogen and oxygen atoms in total. The summed E-state index contributed by atoms with van der Waals surface area (Å²) in [7, 11) is 3.85. The van der Waals surface area contributed by atoms with Gasteiger partial charge in [0.05, 0.1) is 0 Å². The SMILES string of the molecule is Cc1cccc(NC(=O)C(=O)Nc2ccc(N(C)C)cc2)n1. The molecule has 0 radical (unpaired) electrons. The molecule has 0 saturated heterocycles. The number of anilines is 3. The first-order chi connectivity index (χ1) is 10.5. The Bertz CT molecular complexity index is 681. The minimum Gasteiger partial charge on any atom is -0.378 e. The monoisotopic (exact) mass is 298 g/mol. The minimum absolute atomic E-state index is 0.350. The van der Waals surface area contributed by atoms with E-state index in [1.807, 2.05) is 44.1 Å². The lowest BCUT2D eigenvalue weighted by Crippen LogP contribution is -2.29. The lowest BCUT2D eigenvalue weighted by molar-refractivity contribution is -0.133. The van der Waals surface area contributed by atoms with Crippen molar-refractivity contribution >= 4 is 29.0 Å². The summed E-state index contributed by atoms with van der Waals surface area (Å²) in [4.78, 5) is 29.8. The van der Waals surface area contributed by atoms with E-state index in [-0.39, 0.29) is 0 Å². The molecule has 6 heteroatoms. The summed E-state index contributed by atoms with van der Waals surface area (Å²) in [5.74, 6) is -1.14. The van der Waals surface area contributed by atoms with E-state index in [1.165, 1.54) is 0 Å². The molecule has 2 N–H and O–H groups in total. The first kappa shape index (κ1) is 15.5. The second-order valence-corrected chi connectivity index (χ2v) is 5.01. The van der Waals surface area contributed by atoms with Crippen molar-refractivity contribution in [3.05, 3.63) is 48.2 Å². The van der Waals surface area contributed by atoms with Crippen molar-refractivity contribution in [2.75, 3.05) is 29.6 Å². The molecule has 0 saturated carbocycles. The molecule has 0 atom stereocenters. The zero-order valence-corrected chi connectivity index (χ0v) is 12.8. The lowest BCUT2D eigenvalue weighted by atomic mass is 10.2. The van der Waals surface area contributed by atoms with E-state index in [9.17, 15) is 9.59 Å². The van der Waals surface area contributed by atoms with Gasteiger partial charge in [-0.2, -0.15) is 0 Å². The predicted molar refractivity (Wildman–Crippen MR) is 87.0 cm³/mol. The Balaban J connectivity index is 1.98. The molecule has 1 aromatic heterocycles. The summed E-state index contributed by atoms with van der Waals surface area (Å²) in [5.41, 5.74) is 2.33. The second kappa shape index (κ2) is 6.71. The van der Waals surface area contributed by atoms with Gasteiger partial charge in [0.2, 0.25) is 0 Å². The molecule has 22 heavy (non-hydrogen) atoms. The smallest absolute Gasteiger partial charge is 0.315 e. The van der Waals surface area contributed by atoms with Crippen molar-refractivity contribution in [2.45, 2.75) is 6.92 Å². The summed E-state index contributed by atoms with van der Waals surface area (Å²) in [6.07, 6.45) is 0. The summed E-state index contributed by atoms with van der Waals surface area (Å²) in [5, 5.41) is 5.01. The molecule has 0 unspecified atom stereocenters. The van der Waals surface area contributed by atoms with Crippen LogP contribution < -0.4 is 15.5 Å². The minimum atomic E-state index is -0.755. The van der Waals surface area contributed by atoms with Gasteiger partial charge in [-0.3, -0.25) is 9.59 Å². The van der Waals surface area contributed by atoms with Crippen LogP contribution in [0.1, 0.15) is 5.69 Å². The number of amides is 2. The molecule has 0 fully saturated rings. The number of hydrogen-bond acceptors (Lipinski definition) is 4. The van der Waals surface area contributed by atoms with Crippen LogP contribution in [0.3, 0.4) is 0 Å². The molecule has 2 aromatic rings. The highest BCUT2D eigenvalue weighted by Gasteiger charge is 2.14. The third kappa shape index (κ3) is 4.05. The maximum atomic E-state index is 11.9. The Morgan fingerprint density at radius 1 is 0.955 bits per heavy atom. The van der Waals surface area contributed by atoms with Crippen LogP contribution in [-0.4, -0.2) is 30.9 Å². The zero-order chi connectivity index (χ0) is 16.1. The summed E-state index contributed by atoms with van der Waals surface area (Å²) in [6.45, 7) is 1.81. The van der Waals surface area contributed by atoms with Gasteiger partial charge in [-0.05, 0) is 43.3 Å². The number of carbonyl (C=O) groups is 2. The molecule has 0 spiro atoms. The fourth-order valence-corrected chi connectivity index (χ4v) is 1.82. The van der Waals surface area contributed by atoms with Gasteiger partial charge in [-0.1, -0.05) is 6.07 Å². The fraction of sp³-hybridized carbons (Fsp3) is 0.188. The van der Waals surface area contributed by atoms with Crippen molar-refractivity contribution in [2.24, 2.45) is 0 Å². The standard InChI is InChI=1S/C16H18N4O2/c1-11-5-4-6-14(17-11)19-16(22)15(21)18-12-7-9-13(10-8-12)20(2)3/h4-10H,1-3H3,(H,18,21)(H,17,19,22). The number of aromatic nitrogens is 1. The van der Waals surface area contributed by atoms with Crippen LogP contribution in [-0.2, 0) is 9.59 Å². The third-order valence-corrected chi connectivity index (χ3v) is 2.98. The second-order valence-electron chi connectivity index (χ2n) is 5.01. The van der Waals surface area contributed by atoms with Gasteiger partial charge in [-0.25, -0.2) is 4.98 Å². The van der Waals surface area contributed by atoms with Crippen molar-refractivity contribution in [3.8, 4) is 0 Å². The predicted octanol–water partition coefficient (Wildman–Crippen LogP) is 2.03. The van der Waals surface area contributed by atoms with Gasteiger partial charge in [0.25, 0.3) is 0 Å². The van der Waals surface area contributed by atoms with E-state index >= 15 is 0 Å². The highest BCUT2D eigenvalue weighted by molar-refractivity contribution is 6.43. The molecule has 0 aliphatic heterocycles. The Hall–Kier alpha value is -2.89. The third-order valence-electron chi connectivity index (χ3n) is 2.98. The number of pyridine rings is 1. The van der Waals surface area contributed by atoms with Crippen molar-refractivity contribution < 1.29 is 9.59 Å². The fourth-order valence-electron chi connectivity index (χ4n) is 1.82. The van der Waals surface area contributed by atoms with Gasteiger partial charge in [-0.15, -0.1) is 0 Å². The highest BCUT2D eigenvalue weighted by Crippen LogP contribution is 2.15. The number of nitrogens with zero attached hydrogens (tertiary/aromatic N) is 2. The van der Waals surface area contributed by atoms with E-state index in [0.29, 0.717) is 11.5 Å². The number of rotatable bonds is 3. The van der Waals surface area contributed by atoms with Crippen molar-refractivity contribution in [1.82, 2.24) is 4.98 Å². The molecular weight excluding hydrogens is 280 g/mol. The van der Waals surface area contributed by atoms with Crippen molar-refractivity contribution in [3.63, 3.8) is 0 Å². The quantitative estimate of drug-likeness (QED) is 0.850. The van der Waals surface area contributed by atoms with Crippen LogP contribution in [0.5, 0.6) is 0 Å². The lowest BCUT2D eigenvalue weighted by Gasteiger charge is -2.13. The molecule has 114 valence electrons. The molecule has 2 amide bonds. The van der Waals surface area contributed by atoms with Gasteiger partial charge in [0.1, 0.15) is 5.82 Å². The van der Waals surface area contributed by atoms with Crippen LogP contribution in [0.4, 0.5) is 17.2 Å². The number of benzene rings is 1. The number of nitrogens with one attached hydrogen (secondary N) is 2. The first-order valence-corrected chi connectivity index (χ1v) is 6.79. The largest absolute Gasteiger partial charge is 0.378 e. The van der Waals surface area contributed by atoms with Crippen LogP contribution >= 0.6 is 0 Å². The van der Waals surface area contributed by atoms with Crippen LogP contribution in [0, 0.1) is 6.92 Å². The Labute approximate surface area is 129 Å². The van der Waals surface area contributed by atoms with Crippen molar-refractivity contribution in [1.29, 1.82) is 0 Å². The Morgan fingerprint density at radius 2 is 1.59 bits per heavy atom. The topological polar surface area (TPSA) is 74.3 Å². The molecular formula is C16H18N4O2. The maximum absolute atomic E-state index is 11.9. The zero-order valence-electron chi connectivity index (χ0n) is 12.8. The summed E-state index contributed by atoms with van der Waals surface area (Å²) < 4.78 is 0. The van der Waals surface area contributed by atoms with Gasteiger partial charge in [0, 0.05) is 31.2 Å². The van der Waals surface area contributed by atoms with E-state index in [1.54, 1.807) is 24.3 Å². The van der Waals surface area contributed by atoms with E-state index in [4.69, 9.17) is 0 Å².